The van der Waals surface area contributed by atoms with Crippen LogP contribution < -0.4 is 0 Å². The van der Waals surface area contributed by atoms with E-state index in [1.807, 2.05) is 0 Å². The van der Waals surface area contributed by atoms with Crippen LogP contribution in [0.1, 0.15) is 59.3 Å². The predicted molar refractivity (Wildman–Crippen MR) is 79.5 cm³/mol. The van der Waals surface area contributed by atoms with Crippen LogP contribution in [0, 0.1) is 0 Å². The highest BCUT2D eigenvalue weighted by Crippen LogP contribution is 2.10. The van der Waals surface area contributed by atoms with Crippen LogP contribution in [0.4, 0.5) is 0 Å². The van der Waals surface area contributed by atoms with Crippen molar-refractivity contribution in [3.05, 3.63) is 11.3 Å². The summed E-state index contributed by atoms with van der Waals surface area (Å²) in [5.74, 6) is 0.639. The molecule has 0 saturated heterocycles. The summed E-state index contributed by atoms with van der Waals surface area (Å²) < 4.78 is 17.1. The molecule has 0 radical (unpaired) electrons. The van der Waals surface area contributed by atoms with E-state index in [2.05, 4.69) is 20.8 Å². The molecule has 0 unspecified atom stereocenters. The van der Waals surface area contributed by atoms with Gasteiger partial charge in [0.2, 0.25) is 0 Å². The summed E-state index contributed by atoms with van der Waals surface area (Å²) in [4.78, 5) is 0. The maximum absolute atomic E-state index is 5.70. The second kappa shape index (κ2) is 12.8. The number of ether oxygens (including phenoxy) is 3. The number of hydrogen-bond donors (Lipinski definition) is 0. The Labute approximate surface area is 115 Å². The lowest BCUT2D eigenvalue weighted by Gasteiger charge is -2.15. The maximum atomic E-state index is 5.70. The first kappa shape index (κ1) is 17.4. The van der Waals surface area contributed by atoms with Crippen LogP contribution in [-0.4, -0.2) is 30.1 Å². The lowest BCUT2D eigenvalue weighted by molar-refractivity contribution is 0.0159. The van der Waals surface area contributed by atoms with Crippen molar-refractivity contribution in [2.45, 2.75) is 59.3 Å². The maximum Gasteiger partial charge on any atom is 0.312 e. The van der Waals surface area contributed by atoms with E-state index in [-0.39, 0.29) is 0 Å². The molecule has 0 heterocycles. The minimum atomic E-state index is 0.639. The van der Waals surface area contributed by atoms with E-state index in [0.29, 0.717) is 5.95 Å². The topological polar surface area (TPSA) is 27.7 Å². The van der Waals surface area contributed by atoms with Crippen LogP contribution >= 0.6 is 0 Å². The summed E-state index contributed by atoms with van der Waals surface area (Å²) in [5.41, 5.74) is 0. The molecule has 3 nitrogen and oxygen atoms in total. The minimum absolute atomic E-state index is 0.639. The van der Waals surface area contributed by atoms with Gasteiger partial charge >= 0.3 is 5.95 Å². The summed E-state index contributed by atoms with van der Waals surface area (Å²) in [5, 5.41) is 0.913. The minimum Gasteiger partial charge on any atom is -0.497 e. The molecule has 0 rings (SSSR count). The van der Waals surface area contributed by atoms with Gasteiger partial charge in [0.1, 0.15) is 5.38 Å². The first-order valence-electron chi connectivity index (χ1n) is 7.35. The zero-order chi connectivity index (χ0) is 13.6. The summed E-state index contributed by atoms with van der Waals surface area (Å²) in [6.07, 6.45) is 6.63. The van der Waals surface area contributed by atoms with Crippen molar-refractivity contribution < 1.29 is 14.2 Å². The zero-order valence-electron chi connectivity index (χ0n) is 12.6. The monoisotopic (exact) mass is 274 g/mol. The fourth-order valence-electron chi connectivity index (χ4n) is 1.29. The van der Waals surface area contributed by atoms with E-state index >= 15 is 0 Å². The van der Waals surface area contributed by atoms with E-state index in [9.17, 15) is 0 Å². The third-order valence-corrected chi connectivity index (χ3v) is 3.26. The largest absolute Gasteiger partial charge is 0.497 e. The van der Waals surface area contributed by atoms with Crippen molar-refractivity contribution in [3.8, 4) is 0 Å². The van der Waals surface area contributed by atoms with E-state index in [4.69, 9.17) is 14.2 Å². The molecular weight excluding hydrogens is 244 g/mol. The fourth-order valence-corrected chi connectivity index (χ4v) is 1.78. The summed E-state index contributed by atoms with van der Waals surface area (Å²) in [6, 6.07) is 0. The Morgan fingerprint density at radius 1 is 0.722 bits per heavy atom. The van der Waals surface area contributed by atoms with Gasteiger partial charge in [0.05, 0.1) is 30.1 Å². The highest BCUT2D eigenvalue weighted by Gasteiger charge is 2.07. The Balaban J connectivity index is 4.16. The van der Waals surface area contributed by atoms with Crippen LogP contribution in [0.15, 0.2) is 11.3 Å². The van der Waals surface area contributed by atoms with Crippen LogP contribution in [0.25, 0.3) is 0 Å². The molecule has 0 atom stereocenters. The molecule has 0 aromatic heterocycles. The highest BCUT2D eigenvalue weighted by molar-refractivity contribution is 6.20. The molecule has 108 valence electrons. The summed E-state index contributed by atoms with van der Waals surface area (Å²) in [6.45, 7) is 8.69. The molecule has 0 spiro atoms. The van der Waals surface area contributed by atoms with Gasteiger partial charge in [-0.2, -0.15) is 0 Å². The Bertz CT molecular complexity index is 205. The van der Waals surface area contributed by atoms with Gasteiger partial charge in [-0.15, -0.1) is 0 Å². The van der Waals surface area contributed by atoms with Crippen molar-refractivity contribution in [3.63, 3.8) is 0 Å². The van der Waals surface area contributed by atoms with Gasteiger partial charge in [-0.1, -0.05) is 40.0 Å². The average Bonchev–Trinajstić information content (AvgIpc) is 2.37. The molecule has 0 aliphatic carbocycles. The second-order valence-corrected chi connectivity index (χ2v) is 5.36. The first-order valence-corrected chi connectivity index (χ1v) is 8.35. The lowest BCUT2D eigenvalue weighted by atomic mass is 10.4. The molecule has 0 amide bonds. The fraction of sp³-hybridized carbons (Fsp3) is 0.857. The van der Waals surface area contributed by atoms with Gasteiger partial charge in [0.25, 0.3) is 0 Å². The Kier molecular flexibility index (Phi) is 12.3. The third-order valence-electron chi connectivity index (χ3n) is 2.57. The standard InChI is InChI=1S/C14H30O3Si/c1-4-7-10-15-13(16-11-8-5-2)14(18)17-12-9-6-3/h4-12H2,1-3,18H3. The highest BCUT2D eigenvalue weighted by atomic mass is 28.1. The molecular formula is C14H30O3Si. The van der Waals surface area contributed by atoms with Crippen LogP contribution in [0.3, 0.4) is 0 Å². The molecule has 18 heavy (non-hydrogen) atoms. The predicted octanol–water partition coefficient (Wildman–Crippen LogP) is 2.93. The van der Waals surface area contributed by atoms with E-state index in [1.54, 1.807) is 0 Å². The molecule has 0 N–H and O–H groups in total. The molecule has 0 aliphatic rings. The van der Waals surface area contributed by atoms with Crippen molar-refractivity contribution in [2.75, 3.05) is 19.8 Å². The molecule has 0 aromatic rings. The molecule has 0 aliphatic heterocycles. The number of unbranched alkanes of at least 4 members (excludes halogenated alkanes) is 3. The second-order valence-electron chi connectivity index (χ2n) is 4.45. The van der Waals surface area contributed by atoms with Crippen LogP contribution in [0.2, 0.25) is 0 Å². The van der Waals surface area contributed by atoms with Crippen LogP contribution in [0.5, 0.6) is 0 Å². The average molecular weight is 274 g/mol. The molecule has 0 aromatic carbocycles. The van der Waals surface area contributed by atoms with Gasteiger partial charge in [-0.05, 0) is 19.3 Å². The summed E-state index contributed by atoms with van der Waals surface area (Å²) >= 11 is 0. The quantitative estimate of drug-likeness (QED) is 0.311. The first-order chi connectivity index (χ1) is 8.76. The van der Waals surface area contributed by atoms with E-state index in [0.717, 1.165) is 74.0 Å². The smallest absolute Gasteiger partial charge is 0.312 e. The van der Waals surface area contributed by atoms with E-state index < -0.39 is 0 Å². The normalized spacial score (nSPS) is 10.2. The van der Waals surface area contributed by atoms with Crippen molar-refractivity contribution in [1.29, 1.82) is 0 Å². The molecule has 0 fully saturated rings. The lowest BCUT2D eigenvalue weighted by Crippen LogP contribution is -2.08. The van der Waals surface area contributed by atoms with Gasteiger partial charge in [0, 0.05) is 0 Å². The van der Waals surface area contributed by atoms with Crippen molar-refractivity contribution in [2.24, 2.45) is 0 Å². The van der Waals surface area contributed by atoms with Crippen molar-refractivity contribution in [1.82, 2.24) is 0 Å². The van der Waals surface area contributed by atoms with E-state index in [1.165, 1.54) is 0 Å². The molecule has 4 heteroatoms. The number of hydrogen-bond acceptors (Lipinski definition) is 3. The van der Waals surface area contributed by atoms with Crippen LogP contribution in [-0.2, 0) is 14.2 Å². The summed E-state index contributed by atoms with van der Waals surface area (Å²) in [7, 11) is 0.833. The van der Waals surface area contributed by atoms with Gasteiger partial charge in [0.15, 0.2) is 0 Å². The SMILES string of the molecule is CCCCOC([SiH3])=C(OCCCC)OCCCC. The Morgan fingerprint density at radius 3 is 1.50 bits per heavy atom. The Hall–Kier alpha value is -0.643. The third kappa shape index (κ3) is 9.39. The number of rotatable bonds is 12. The van der Waals surface area contributed by atoms with Gasteiger partial charge < -0.3 is 14.2 Å². The van der Waals surface area contributed by atoms with Gasteiger partial charge in [-0.3, -0.25) is 0 Å². The van der Waals surface area contributed by atoms with Gasteiger partial charge in [-0.25, -0.2) is 0 Å². The molecule has 0 saturated carbocycles. The Morgan fingerprint density at radius 2 is 1.11 bits per heavy atom. The van der Waals surface area contributed by atoms with Crippen molar-refractivity contribution >= 4 is 10.2 Å². The molecule has 0 bridgehead atoms. The zero-order valence-corrected chi connectivity index (χ0v) is 14.6.